The largest absolute Gasteiger partial charge is 0.486 e. The third kappa shape index (κ3) is 2.44. The van der Waals surface area contributed by atoms with Gasteiger partial charge in [0.1, 0.15) is 13.2 Å². The van der Waals surface area contributed by atoms with E-state index in [0.29, 0.717) is 13.2 Å². The Kier molecular flexibility index (Phi) is 3.49. The van der Waals surface area contributed by atoms with Crippen LogP contribution < -0.4 is 9.47 Å². The zero-order chi connectivity index (χ0) is 10.5. The Morgan fingerprint density at radius 2 is 2.00 bits per heavy atom. The van der Waals surface area contributed by atoms with Gasteiger partial charge < -0.3 is 9.47 Å². The predicted octanol–water partition coefficient (Wildman–Crippen LogP) is 3.00. The number of hydrogen-bond acceptors (Lipinski definition) is 2. The summed E-state index contributed by atoms with van der Waals surface area (Å²) in [6.07, 6.45) is 4.41. The second-order valence-electron chi connectivity index (χ2n) is 3.75. The fourth-order valence-corrected chi connectivity index (χ4v) is 1.82. The molecule has 0 amide bonds. The summed E-state index contributed by atoms with van der Waals surface area (Å²) < 4.78 is 11.2. The molecule has 0 bridgehead atoms. The van der Waals surface area contributed by atoms with Crippen LogP contribution in [0.15, 0.2) is 18.2 Å². The van der Waals surface area contributed by atoms with Crippen molar-refractivity contribution in [3.63, 3.8) is 0 Å². The average molecular weight is 205 g/mol. The van der Waals surface area contributed by atoms with Crippen molar-refractivity contribution in [3.05, 3.63) is 30.7 Å². The number of para-hydroxylation sites is 1. The lowest BCUT2D eigenvalue weighted by Crippen LogP contribution is -2.16. The lowest BCUT2D eigenvalue weighted by molar-refractivity contribution is 0.170. The van der Waals surface area contributed by atoms with E-state index in [0.717, 1.165) is 24.3 Å². The Balaban J connectivity index is 2.09. The van der Waals surface area contributed by atoms with Gasteiger partial charge in [-0.3, -0.25) is 0 Å². The summed E-state index contributed by atoms with van der Waals surface area (Å²) in [6.45, 7) is 5.18. The number of fused-ring (bicyclic) bond motifs is 1. The highest BCUT2D eigenvalue weighted by atomic mass is 16.6. The average Bonchev–Trinajstić information content (AvgIpc) is 2.30. The first-order valence-corrected chi connectivity index (χ1v) is 5.58. The van der Waals surface area contributed by atoms with Crippen LogP contribution in [0.4, 0.5) is 0 Å². The van der Waals surface area contributed by atoms with Crippen LogP contribution in [0, 0.1) is 6.92 Å². The van der Waals surface area contributed by atoms with Crippen LogP contribution in [-0.4, -0.2) is 13.2 Å². The summed E-state index contributed by atoms with van der Waals surface area (Å²) in [5.74, 6) is 1.85. The summed E-state index contributed by atoms with van der Waals surface area (Å²) >= 11 is 0. The highest BCUT2D eigenvalue weighted by Crippen LogP contribution is 2.34. The van der Waals surface area contributed by atoms with Crippen LogP contribution in [-0.2, 0) is 6.42 Å². The minimum atomic E-state index is 0.662. The summed E-state index contributed by atoms with van der Waals surface area (Å²) in [5.41, 5.74) is 1.26. The monoisotopic (exact) mass is 205 g/mol. The molecule has 0 saturated carbocycles. The molecule has 0 atom stereocenters. The first kappa shape index (κ1) is 10.3. The topological polar surface area (TPSA) is 18.5 Å². The van der Waals surface area contributed by atoms with E-state index in [1.165, 1.54) is 18.4 Å². The Labute approximate surface area is 91.2 Å². The van der Waals surface area contributed by atoms with Gasteiger partial charge in [-0.15, -0.1) is 0 Å². The number of ether oxygens (including phenoxy) is 2. The molecular formula is C13H17O2. The summed E-state index contributed by atoms with van der Waals surface area (Å²) in [7, 11) is 0. The first-order valence-electron chi connectivity index (χ1n) is 5.58. The third-order valence-electron chi connectivity index (χ3n) is 2.59. The Bertz CT molecular complexity index is 320. The molecule has 1 radical (unpaired) electrons. The maximum absolute atomic E-state index is 5.64. The van der Waals surface area contributed by atoms with Gasteiger partial charge in [0.15, 0.2) is 11.5 Å². The maximum Gasteiger partial charge on any atom is 0.164 e. The minimum absolute atomic E-state index is 0.662. The molecule has 1 aromatic rings. The Hall–Kier alpha value is -1.18. The molecule has 1 heterocycles. The smallest absolute Gasteiger partial charge is 0.164 e. The standard InChI is InChI=1S/C13H17O2/c1-2-3-4-6-11-7-5-8-12-13(11)15-10-9-14-12/h5,7-8H,1-4,6,9-10H2. The number of aryl methyl sites for hydroxylation is 1. The molecule has 1 aliphatic rings. The molecule has 0 aliphatic carbocycles. The molecule has 2 rings (SSSR count). The molecular weight excluding hydrogens is 188 g/mol. The maximum atomic E-state index is 5.64. The lowest BCUT2D eigenvalue weighted by Gasteiger charge is -2.20. The van der Waals surface area contributed by atoms with E-state index in [1.54, 1.807) is 0 Å². The molecule has 81 valence electrons. The van der Waals surface area contributed by atoms with E-state index < -0.39 is 0 Å². The molecule has 0 aromatic heterocycles. The lowest BCUT2D eigenvalue weighted by atomic mass is 10.1. The van der Waals surface area contributed by atoms with Gasteiger partial charge in [0, 0.05) is 0 Å². The Morgan fingerprint density at radius 3 is 2.87 bits per heavy atom. The zero-order valence-electron chi connectivity index (χ0n) is 9.00. The van der Waals surface area contributed by atoms with Crippen molar-refractivity contribution in [1.82, 2.24) is 0 Å². The highest BCUT2D eigenvalue weighted by molar-refractivity contribution is 5.47. The van der Waals surface area contributed by atoms with Crippen LogP contribution in [0.2, 0.25) is 0 Å². The van der Waals surface area contributed by atoms with Crippen molar-refractivity contribution in [3.8, 4) is 11.5 Å². The summed E-state index contributed by atoms with van der Waals surface area (Å²) in [5, 5.41) is 0. The normalized spacial score (nSPS) is 13.9. The van der Waals surface area contributed by atoms with Crippen molar-refractivity contribution in [1.29, 1.82) is 0 Å². The summed E-state index contributed by atoms with van der Waals surface area (Å²) in [6, 6.07) is 6.13. The number of rotatable bonds is 4. The highest BCUT2D eigenvalue weighted by Gasteiger charge is 2.14. The fraction of sp³-hybridized carbons (Fsp3) is 0.462. The molecule has 0 fully saturated rings. The first-order chi connectivity index (χ1) is 7.42. The Morgan fingerprint density at radius 1 is 1.13 bits per heavy atom. The minimum Gasteiger partial charge on any atom is -0.486 e. The molecule has 2 nitrogen and oxygen atoms in total. The van der Waals surface area contributed by atoms with E-state index in [4.69, 9.17) is 9.47 Å². The zero-order valence-corrected chi connectivity index (χ0v) is 9.00. The van der Waals surface area contributed by atoms with Crippen LogP contribution in [0.5, 0.6) is 11.5 Å². The molecule has 1 aliphatic heterocycles. The van der Waals surface area contributed by atoms with Crippen LogP contribution in [0.3, 0.4) is 0 Å². The second kappa shape index (κ2) is 5.06. The molecule has 2 heteroatoms. The van der Waals surface area contributed by atoms with Crippen molar-refractivity contribution in [2.24, 2.45) is 0 Å². The van der Waals surface area contributed by atoms with E-state index in [-0.39, 0.29) is 0 Å². The number of hydrogen-bond donors (Lipinski definition) is 0. The van der Waals surface area contributed by atoms with Crippen molar-refractivity contribution in [2.45, 2.75) is 25.7 Å². The quantitative estimate of drug-likeness (QED) is 0.703. The van der Waals surface area contributed by atoms with E-state index in [2.05, 4.69) is 13.0 Å². The third-order valence-corrected chi connectivity index (χ3v) is 2.59. The second-order valence-corrected chi connectivity index (χ2v) is 3.75. The number of unbranched alkanes of at least 4 members (excludes halogenated alkanes) is 2. The van der Waals surface area contributed by atoms with Crippen LogP contribution in [0.25, 0.3) is 0 Å². The van der Waals surface area contributed by atoms with Gasteiger partial charge in [-0.05, 0) is 24.5 Å². The van der Waals surface area contributed by atoms with Crippen LogP contribution >= 0.6 is 0 Å². The van der Waals surface area contributed by atoms with Gasteiger partial charge >= 0.3 is 0 Å². The van der Waals surface area contributed by atoms with E-state index in [9.17, 15) is 0 Å². The van der Waals surface area contributed by atoms with Crippen molar-refractivity contribution < 1.29 is 9.47 Å². The van der Waals surface area contributed by atoms with Gasteiger partial charge in [0.2, 0.25) is 0 Å². The molecule has 0 spiro atoms. The molecule has 0 N–H and O–H groups in total. The van der Waals surface area contributed by atoms with Gasteiger partial charge in [0.25, 0.3) is 0 Å². The van der Waals surface area contributed by atoms with Crippen LogP contribution in [0.1, 0.15) is 24.8 Å². The molecule has 1 aromatic carbocycles. The molecule has 15 heavy (non-hydrogen) atoms. The fourth-order valence-electron chi connectivity index (χ4n) is 1.82. The predicted molar refractivity (Wildman–Crippen MR) is 60.3 cm³/mol. The molecule has 0 saturated heterocycles. The van der Waals surface area contributed by atoms with Gasteiger partial charge in [0.05, 0.1) is 0 Å². The number of benzene rings is 1. The van der Waals surface area contributed by atoms with Gasteiger partial charge in [-0.2, -0.15) is 0 Å². The van der Waals surface area contributed by atoms with Gasteiger partial charge in [-0.25, -0.2) is 0 Å². The van der Waals surface area contributed by atoms with E-state index >= 15 is 0 Å². The van der Waals surface area contributed by atoms with Crippen molar-refractivity contribution >= 4 is 0 Å². The molecule has 0 unspecified atom stereocenters. The summed E-state index contributed by atoms with van der Waals surface area (Å²) in [4.78, 5) is 0. The SMILES string of the molecule is [CH2]CCCCc1cccc2c1OCCO2. The van der Waals surface area contributed by atoms with Crippen molar-refractivity contribution in [2.75, 3.05) is 13.2 Å². The van der Waals surface area contributed by atoms with Gasteiger partial charge in [-0.1, -0.05) is 31.9 Å². The van der Waals surface area contributed by atoms with E-state index in [1.807, 2.05) is 12.1 Å².